The molecule has 5 nitrogen and oxygen atoms in total. The molecule has 144 valence electrons. The van der Waals surface area contributed by atoms with Gasteiger partial charge in [0.25, 0.3) is 0 Å². The Balaban J connectivity index is 1.94. The van der Waals surface area contributed by atoms with Crippen molar-refractivity contribution in [3.05, 3.63) is 65.5 Å². The van der Waals surface area contributed by atoms with Crippen LogP contribution in [0.2, 0.25) is 0 Å². The van der Waals surface area contributed by atoms with Crippen LogP contribution in [0.3, 0.4) is 0 Å². The molecule has 2 aromatic carbocycles. The molecule has 3 rings (SSSR count). The highest BCUT2D eigenvalue weighted by atomic mass is 32.2. The van der Waals surface area contributed by atoms with Crippen LogP contribution in [-0.4, -0.2) is 29.8 Å². The van der Waals surface area contributed by atoms with E-state index in [2.05, 4.69) is 0 Å². The summed E-state index contributed by atoms with van der Waals surface area (Å²) in [7, 11) is -3.80. The Hall–Kier alpha value is -2.25. The molecule has 0 bridgehead atoms. The summed E-state index contributed by atoms with van der Waals surface area (Å²) in [6.07, 6.45) is 4.60. The average Bonchev–Trinajstić information content (AvgIpc) is 2.68. The summed E-state index contributed by atoms with van der Waals surface area (Å²) in [6.45, 7) is 0.161. The first-order chi connectivity index (χ1) is 12.9. The molecular formula is C20H22FNO4S. The average molecular weight is 391 g/mol. The third kappa shape index (κ3) is 4.54. The Labute approximate surface area is 158 Å². The second-order valence-corrected chi connectivity index (χ2v) is 8.69. The molecule has 1 N–H and O–H groups in total. The molecule has 7 heteroatoms. The number of carboxylic acid groups (broad SMARTS) is 1. The minimum Gasteiger partial charge on any atom is -0.478 e. The summed E-state index contributed by atoms with van der Waals surface area (Å²) in [5.41, 5.74) is 0.754. The molecule has 0 heterocycles. The van der Waals surface area contributed by atoms with Gasteiger partial charge in [0.05, 0.1) is 10.5 Å². The minimum absolute atomic E-state index is 0.0386. The smallest absolute Gasteiger partial charge is 0.335 e. The van der Waals surface area contributed by atoms with Crippen molar-refractivity contribution in [3.63, 3.8) is 0 Å². The van der Waals surface area contributed by atoms with Gasteiger partial charge in [-0.15, -0.1) is 0 Å². The van der Waals surface area contributed by atoms with Gasteiger partial charge in [-0.2, -0.15) is 4.31 Å². The van der Waals surface area contributed by atoms with Gasteiger partial charge in [0, 0.05) is 12.6 Å². The summed E-state index contributed by atoms with van der Waals surface area (Å²) in [5.74, 6) is -1.47. The van der Waals surface area contributed by atoms with Crippen molar-refractivity contribution >= 4 is 16.0 Å². The van der Waals surface area contributed by atoms with Crippen LogP contribution in [0.15, 0.2) is 53.4 Å². The number of aromatic carboxylic acids is 1. The third-order valence-corrected chi connectivity index (χ3v) is 6.85. The van der Waals surface area contributed by atoms with E-state index in [-0.39, 0.29) is 28.9 Å². The Kier molecular flexibility index (Phi) is 5.92. The lowest BCUT2D eigenvalue weighted by molar-refractivity contribution is 0.0696. The lowest BCUT2D eigenvalue weighted by Crippen LogP contribution is -2.40. The number of nitrogens with zero attached hydrogens (tertiary/aromatic N) is 1. The van der Waals surface area contributed by atoms with Crippen molar-refractivity contribution in [1.82, 2.24) is 4.31 Å². The predicted molar refractivity (Wildman–Crippen MR) is 99.4 cm³/mol. The molecule has 1 fully saturated rings. The first kappa shape index (κ1) is 19.5. The van der Waals surface area contributed by atoms with E-state index in [0.29, 0.717) is 5.56 Å². The number of benzene rings is 2. The van der Waals surface area contributed by atoms with E-state index in [4.69, 9.17) is 5.11 Å². The van der Waals surface area contributed by atoms with Crippen LogP contribution in [-0.2, 0) is 16.6 Å². The van der Waals surface area contributed by atoms with Crippen molar-refractivity contribution < 1.29 is 22.7 Å². The lowest BCUT2D eigenvalue weighted by atomic mass is 9.95. The SMILES string of the molecule is O=C(O)c1ccc(S(=O)(=O)N(Cc2ccc(F)cc2)C2CCCCC2)cc1. The van der Waals surface area contributed by atoms with Crippen LogP contribution in [0.1, 0.15) is 48.0 Å². The number of halogens is 1. The van der Waals surface area contributed by atoms with E-state index >= 15 is 0 Å². The minimum atomic E-state index is -3.80. The monoisotopic (exact) mass is 391 g/mol. The van der Waals surface area contributed by atoms with Crippen LogP contribution in [0.4, 0.5) is 4.39 Å². The third-order valence-electron chi connectivity index (χ3n) is 4.94. The van der Waals surface area contributed by atoms with Crippen molar-refractivity contribution in [2.45, 2.75) is 49.6 Å². The maximum atomic E-state index is 13.3. The highest BCUT2D eigenvalue weighted by Gasteiger charge is 2.32. The number of sulfonamides is 1. The molecule has 0 spiro atoms. The van der Waals surface area contributed by atoms with Gasteiger partial charge in [0.15, 0.2) is 0 Å². The summed E-state index contributed by atoms with van der Waals surface area (Å²) >= 11 is 0. The van der Waals surface area contributed by atoms with Gasteiger partial charge in [-0.05, 0) is 54.8 Å². The van der Waals surface area contributed by atoms with Crippen LogP contribution >= 0.6 is 0 Å². The highest BCUT2D eigenvalue weighted by Crippen LogP contribution is 2.29. The Morgan fingerprint density at radius 2 is 1.59 bits per heavy atom. The molecule has 0 amide bonds. The zero-order valence-corrected chi connectivity index (χ0v) is 15.7. The lowest BCUT2D eigenvalue weighted by Gasteiger charge is -2.33. The number of hydrogen-bond acceptors (Lipinski definition) is 3. The molecule has 0 atom stereocenters. The molecule has 0 saturated heterocycles. The standard InChI is InChI=1S/C20H22FNO4S/c21-17-10-6-15(7-11-17)14-22(18-4-2-1-3-5-18)27(25,26)19-12-8-16(9-13-19)20(23)24/h6-13,18H,1-5,14H2,(H,23,24). The molecule has 0 aromatic heterocycles. The number of rotatable bonds is 6. The van der Waals surface area contributed by atoms with Crippen LogP contribution < -0.4 is 0 Å². The predicted octanol–water partition coefficient (Wildman–Crippen LogP) is 4.05. The van der Waals surface area contributed by atoms with E-state index < -0.39 is 16.0 Å². The molecule has 1 aliphatic rings. The van der Waals surface area contributed by atoms with E-state index in [1.807, 2.05) is 0 Å². The topological polar surface area (TPSA) is 74.7 Å². The van der Waals surface area contributed by atoms with Crippen LogP contribution in [0.5, 0.6) is 0 Å². The zero-order chi connectivity index (χ0) is 19.4. The second kappa shape index (κ2) is 8.19. The van der Waals surface area contributed by atoms with Crippen molar-refractivity contribution in [2.24, 2.45) is 0 Å². The van der Waals surface area contributed by atoms with Gasteiger partial charge in [-0.1, -0.05) is 31.4 Å². The van der Waals surface area contributed by atoms with Gasteiger partial charge in [0.2, 0.25) is 10.0 Å². The fourth-order valence-electron chi connectivity index (χ4n) is 3.45. The van der Waals surface area contributed by atoms with E-state index in [1.165, 1.54) is 40.7 Å². The number of carboxylic acids is 1. The van der Waals surface area contributed by atoms with Crippen LogP contribution in [0.25, 0.3) is 0 Å². The molecule has 0 aliphatic heterocycles. The normalized spacial score (nSPS) is 15.8. The molecule has 2 aromatic rings. The maximum absolute atomic E-state index is 13.3. The van der Waals surface area contributed by atoms with Gasteiger partial charge in [0.1, 0.15) is 5.82 Å². The Bertz CT molecular complexity index is 889. The summed E-state index contributed by atoms with van der Waals surface area (Å²) in [6, 6.07) is 11.0. The van der Waals surface area contributed by atoms with E-state index in [0.717, 1.165) is 32.1 Å². The zero-order valence-electron chi connectivity index (χ0n) is 14.8. The number of hydrogen-bond donors (Lipinski definition) is 1. The Morgan fingerprint density at radius 1 is 1.00 bits per heavy atom. The fraction of sp³-hybridized carbons (Fsp3) is 0.350. The van der Waals surface area contributed by atoms with Crippen molar-refractivity contribution in [3.8, 4) is 0 Å². The highest BCUT2D eigenvalue weighted by molar-refractivity contribution is 7.89. The molecule has 1 aliphatic carbocycles. The summed E-state index contributed by atoms with van der Waals surface area (Å²) in [4.78, 5) is 11.1. The Morgan fingerprint density at radius 3 is 2.15 bits per heavy atom. The van der Waals surface area contributed by atoms with E-state index in [1.54, 1.807) is 12.1 Å². The molecule has 0 unspecified atom stereocenters. The largest absolute Gasteiger partial charge is 0.478 e. The maximum Gasteiger partial charge on any atom is 0.335 e. The van der Waals surface area contributed by atoms with Gasteiger partial charge >= 0.3 is 5.97 Å². The van der Waals surface area contributed by atoms with Gasteiger partial charge < -0.3 is 5.11 Å². The number of carbonyl (C=O) groups is 1. The molecule has 0 radical (unpaired) electrons. The van der Waals surface area contributed by atoms with Crippen molar-refractivity contribution in [1.29, 1.82) is 0 Å². The van der Waals surface area contributed by atoms with Crippen molar-refractivity contribution in [2.75, 3.05) is 0 Å². The van der Waals surface area contributed by atoms with E-state index in [9.17, 15) is 17.6 Å². The molecular weight excluding hydrogens is 369 g/mol. The molecule has 27 heavy (non-hydrogen) atoms. The van der Waals surface area contributed by atoms with Crippen LogP contribution in [0, 0.1) is 5.82 Å². The summed E-state index contributed by atoms with van der Waals surface area (Å²) < 4.78 is 41.3. The first-order valence-electron chi connectivity index (χ1n) is 8.97. The van der Waals surface area contributed by atoms with Gasteiger partial charge in [-0.3, -0.25) is 0 Å². The molecule has 1 saturated carbocycles. The first-order valence-corrected chi connectivity index (χ1v) is 10.4. The second-order valence-electron chi connectivity index (χ2n) is 6.80. The fourth-order valence-corrected chi connectivity index (χ4v) is 5.13. The summed E-state index contributed by atoms with van der Waals surface area (Å²) in [5, 5.41) is 9.02. The van der Waals surface area contributed by atoms with Gasteiger partial charge in [-0.25, -0.2) is 17.6 Å². The quantitative estimate of drug-likeness (QED) is 0.806.